The Hall–Kier alpha value is -1.95. The molecule has 7 nitrogen and oxygen atoms in total. The van der Waals surface area contributed by atoms with Gasteiger partial charge in [-0.2, -0.15) is 5.26 Å². The largest absolute Gasteiger partial charge is 0.414 e. The number of hydrogen-bond acceptors (Lipinski definition) is 6. The van der Waals surface area contributed by atoms with E-state index in [0.717, 1.165) is 18.9 Å². The van der Waals surface area contributed by atoms with Gasteiger partial charge in [0.25, 0.3) is 0 Å². The smallest absolute Gasteiger partial charge is 0.248 e. The zero-order valence-corrected chi connectivity index (χ0v) is 18.7. The minimum absolute atomic E-state index is 0.0137. The highest BCUT2D eigenvalue weighted by Crippen LogP contribution is 2.36. The molecule has 0 aromatic carbocycles. The van der Waals surface area contributed by atoms with Crippen LogP contribution in [-0.2, 0) is 14.0 Å². The Morgan fingerprint density at radius 2 is 1.89 bits per heavy atom. The molecule has 1 amide bonds. The van der Waals surface area contributed by atoms with E-state index in [2.05, 4.69) is 49.8 Å². The fourth-order valence-electron chi connectivity index (χ4n) is 2.65. The van der Waals surface area contributed by atoms with E-state index in [1.807, 2.05) is 11.0 Å². The molecule has 0 N–H and O–H groups in total. The number of anilines is 1. The van der Waals surface area contributed by atoms with E-state index in [0.29, 0.717) is 31.9 Å². The Labute approximate surface area is 169 Å². The molecule has 1 fully saturated rings. The quantitative estimate of drug-likeness (QED) is 0.513. The van der Waals surface area contributed by atoms with Crippen molar-refractivity contribution in [2.45, 2.75) is 38.9 Å². The Morgan fingerprint density at radius 3 is 2.43 bits per heavy atom. The highest BCUT2D eigenvalue weighted by atomic mass is 28.4. The molecular formula is C20H32N4O3Si. The lowest BCUT2D eigenvalue weighted by Gasteiger charge is -2.36. The standard InChI is InChI=1S/C20H32N4O3Si/c1-20(2,3)28(4,5)27-13-12-26-16-19(25)24-10-8-23(9-11-24)18-7-6-17(14-21)15-22-18/h6-7,15H,8-13,16H2,1-5H3. The molecule has 0 atom stereocenters. The number of nitriles is 1. The first-order valence-corrected chi connectivity index (χ1v) is 12.7. The number of carbonyl (C=O) groups excluding carboxylic acids is 1. The van der Waals surface area contributed by atoms with Gasteiger partial charge in [-0.25, -0.2) is 4.98 Å². The SMILES string of the molecule is CC(C)(C)[Si](C)(C)OCCOCC(=O)N1CCN(c2ccc(C#N)cn2)CC1. The molecule has 1 aliphatic heterocycles. The van der Waals surface area contributed by atoms with Gasteiger partial charge in [-0.15, -0.1) is 0 Å². The van der Waals surface area contributed by atoms with Gasteiger partial charge in [0, 0.05) is 32.4 Å². The molecule has 2 heterocycles. The van der Waals surface area contributed by atoms with Gasteiger partial charge in [-0.3, -0.25) is 4.79 Å². The number of amides is 1. The molecule has 0 aliphatic carbocycles. The van der Waals surface area contributed by atoms with E-state index in [4.69, 9.17) is 14.4 Å². The average Bonchev–Trinajstić information content (AvgIpc) is 2.67. The van der Waals surface area contributed by atoms with Gasteiger partial charge < -0.3 is 19.0 Å². The number of aromatic nitrogens is 1. The zero-order valence-electron chi connectivity index (χ0n) is 17.7. The predicted molar refractivity (Wildman–Crippen MR) is 112 cm³/mol. The van der Waals surface area contributed by atoms with Gasteiger partial charge in [0.05, 0.1) is 18.8 Å². The van der Waals surface area contributed by atoms with Crippen LogP contribution in [0.1, 0.15) is 26.3 Å². The number of pyridine rings is 1. The van der Waals surface area contributed by atoms with E-state index >= 15 is 0 Å². The van der Waals surface area contributed by atoms with Crippen LogP contribution in [0.2, 0.25) is 18.1 Å². The third kappa shape index (κ3) is 6.02. The molecule has 1 aromatic heterocycles. The predicted octanol–water partition coefficient (Wildman–Crippen LogP) is 2.64. The van der Waals surface area contributed by atoms with Crippen molar-refractivity contribution >= 4 is 20.0 Å². The van der Waals surface area contributed by atoms with E-state index < -0.39 is 8.32 Å². The van der Waals surface area contributed by atoms with Crippen molar-refractivity contribution in [1.29, 1.82) is 5.26 Å². The third-order valence-electron chi connectivity index (χ3n) is 5.56. The third-order valence-corrected chi connectivity index (χ3v) is 10.1. The summed E-state index contributed by atoms with van der Waals surface area (Å²) in [7, 11) is -1.76. The first-order valence-electron chi connectivity index (χ1n) is 9.74. The van der Waals surface area contributed by atoms with Gasteiger partial charge in [0.15, 0.2) is 8.32 Å². The van der Waals surface area contributed by atoms with E-state index in [1.165, 1.54) is 0 Å². The highest BCUT2D eigenvalue weighted by molar-refractivity contribution is 6.74. The van der Waals surface area contributed by atoms with Gasteiger partial charge >= 0.3 is 0 Å². The Balaban J connectivity index is 1.67. The molecule has 8 heteroatoms. The maximum atomic E-state index is 12.3. The van der Waals surface area contributed by atoms with Crippen LogP contribution in [0.5, 0.6) is 0 Å². The van der Waals surface area contributed by atoms with Crippen LogP contribution in [0.3, 0.4) is 0 Å². The molecule has 28 heavy (non-hydrogen) atoms. The number of carbonyl (C=O) groups is 1. The van der Waals surface area contributed by atoms with Gasteiger partial charge in [-0.05, 0) is 30.3 Å². The maximum Gasteiger partial charge on any atom is 0.248 e. The van der Waals surface area contributed by atoms with Crippen molar-refractivity contribution in [2.75, 3.05) is 50.9 Å². The summed E-state index contributed by atoms with van der Waals surface area (Å²) in [6, 6.07) is 5.68. The van der Waals surface area contributed by atoms with Crippen molar-refractivity contribution in [3.05, 3.63) is 23.9 Å². The maximum absolute atomic E-state index is 12.3. The van der Waals surface area contributed by atoms with E-state index in [9.17, 15) is 4.79 Å². The molecule has 2 rings (SSSR count). The fourth-order valence-corrected chi connectivity index (χ4v) is 3.67. The number of ether oxygens (including phenoxy) is 1. The Morgan fingerprint density at radius 1 is 1.21 bits per heavy atom. The second-order valence-corrected chi connectivity index (χ2v) is 13.4. The van der Waals surface area contributed by atoms with Crippen LogP contribution in [0.4, 0.5) is 5.82 Å². The lowest BCUT2D eigenvalue weighted by atomic mass is 10.2. The molecule has 154 valence electrons. The number of nitrogens with zero attached hydrogens (tertiary/aromatic N) is 4. The second kappa shape index (κ2) is 9.50. The summed E-state index contributed by atoms with van der Waals surface area (Å²) < 4.78 is 11.6. The number of rotatable bonds is 7. The normalized spacial score (nSPS) is 15.4. The molecule has 1 saturated heterocycles. The molecule has 0 bridgehead atoms. The van der Waals surface area contributed by atoms with Crippen molar-refractivity contribution in [3.63, 3.8) is 0 Å². The minimum Gasteiger partial charge on any atom is -0.414 e. The summed E-state index contributed by atoms with van der Waals surface area (Å²) in [5, 5.41) is 9.02. The van der Waals surface area contributed by atoms with E-state index in [1.54, 1.807) is 12.3 Å². The van der Waals surface area contributed by atoms with E-state index in [-0.39, 0.29) is 17.6 Å². The average molecular weight is 405 g/mol. The molecule has 0 unspecified atom stereocenters. The molecule has 1 aliphatic rings. The topological polar surface area (TPSA) is 78.7 Å². The lowest BCUT2D eigenvalue weighted by molar-refractivity contribution is -0.136. The first kappa shape index (κ1) is 22.3. The summed E-state index contributed by atoms with van der Waals surface area (Å²) in [5.41, 5.74) is 0.548. The van der Waals surface area contributed by atoms with Crippen LogP contribution in [0, 0.1) is 11.3 Å². The van der Waals surface area contributed by atoms with Gasteiger partial charge in [-0.1, -0.05) is 20.8 Å². The molecule has 0 radical (unpaired) electrons. The molecule has 1 aromatic rings. The van der Waals surface area contributed by atoms with Gasteiger partial charge in [0.2, 0.25) is 5.91 Å². The summed E-state index contributed by atoms with van der Waals surface area (Å²) in [5.74, 6) is 0.852. The van der Waals surface area contributed by atoms with Crippen molar-refractivity contribution in [3.8, 4) is 6.07 Å². The Bertz CT molecular complexity index is 687. The van der Waals surface area contributed by atoms with Crippen LogP contribution in [-0.4, -0.2) is 70.1 Å². The Kier molecular flexibility index (Phi) is 7.58. The van der Waals surface area contributed by atoms with Crippen molar-refractivity contribution < 1.29 is 14.0 Å². The number of hydrogen-bond donors (Lipinski definition) is 0. The fraction of sp³-hybridized carbons (Fsp3) is 0.650. The van der Waals surface area contributed by atoms with Crippen molar-refractivity contribution in [1.82, 2.24) is 9.88 Å². The second-order valence-electron chi connectivity index (χ2n) is 8.55. The molecular weight excluding hydrogens is 372 g/mol. The summed E-state index contributed by atoms with van der Waals surface area (Å²) in [4.78, 5) is 20.6. The monoisotopic (exact) mass is 404 g/mol. The van der Waals surface area contributed by atoms with Crippen LogP contribution in [0.15, 0.2) is 18.3 Å². The highest BCUT2D eigenvalue weighted by Gasteiger charge is 2.36. The minimum atomic E-state index is -1.76. The summed E-state index contributed by atoms with van der Waals surface area (Å²) in [6.45, 7) is 14.8. The van der Waals surface area contributed by atoms with Crippen molar-refractivity contribution in [2.24, 2.45) is 0 Å². The van der Waals surface area contributed by atoms with Crippen LogP contribution in [0.25, 0.3) is 0 Å². The number of piperazine rings is 1. The molecule has 0 spiro atoms. The lowest BCUT2D eigenvalue weighted by Crippen LogP contribution is -2.50. The van der Waals surface area contributed by atoms with Gasteiger partial charge in [0.1, 0.15) is 18.5 Å². The summed E-state index contributed by atoms with van der Waals surface area (Å²) >= 11 is 0. The summed E-state index contributed by atoms with van der Waals surface area (Å²) in [6.07, 6.45) is 1.58. The van der Waals surface area contributed by atoms with Crippen LogP contribution < -0.4 is 4.90 Å². The zero-order chi connectivity index (χ0) is 20.8. The molecule has 0 saturated carbocycles. The van der Waals surface area contributed by atoms with Crippen LogP contribution >= 0.6 is 0 Å². The first-order chi connectivity index (χ1) is 13.1.